The summed E-state index contributed by atoms with van der Waals surface area (Å²) in [6, 6.07) is 16.9. The van der Waals surface area contributed by atoms with Gasteiger partial charge < -0.3 is 5.73 Å². The molecule has 0 heterocycles. The third-order valence-electron chi connectivity index (χ3n) is 7.25. The number of thiocyanates is 1. The molecule has 3 atom stereocenters. The second kappa shape index (κ2) is 10.4. The summed E-state index contributed by atoms with van der Waals surface area (Å²) < 4.78 is -0.421. The summed E-state index contributed by atoms with van der Waals surface area (Å²) in [4.78, 5) is 0. The molecule has 0 saturated heterocycles. The molecule has 33 heavy (non-hydrogen) atoms. The van der Waals surface area contributed by atoms with Crippen molar-refractivity contribution in [1.82, 2.24) is 0 Å². The summed E-state index contributed by atoms with van der Waals surface area (Å²) in [6.07, 6.45) is 2.34. The Balaban J connectivity index is 2.35. The zero-order valence-electron chi connectivity index (χ0n) is 21.3. The molecular formula is C29H37BN2S. The van der Waals surface area contributed by atoms with Crippen LogP contribution in [-0.4, -0.2) is 7.85 Å². The first-order chi connectivity index (χ1) is 15.4. The zero-order chi connectivity index (χ0) is 24.9. The van der Waals surface area contributed by atoms with Crippen molar-refractivity contribution >= 4 is 19.6 Å². The first kappa shape index (κ1) is 27.1. The quantitative estimate of drug-likeness (QED) is 0.266. The molecule has 0 spiro atoms. The zero-order valence-corrected chi connectivity index (χ0v) is 22.1. The number of benzene rings is 2. The number of hydrogen-bond acceptors (Lipinski definition) is 3. The van der Waals surface area contributed by atoms with E-state index < -0.39 is 10.3 Å². The molecule has 2 aromatic carbocycles. The molecule has 0 aliphatic rings. The minimum Gasteiger partial charge on any atom is -0.312 e. The average molecular weight is 457 g/mol. The van der Waals surface area contributed by atoms with Gasteiger partial charge in [0.2, 0.25) is 0 Å². The van der Waals surface area contributed by atoms with E-state index in [9.17, 15) is 0 Å². The smallest absolute Gasteiger partial charge is 0.134 e. The molecule has 2 N–H and O–H groups in total. The van der Waals surface area contributed by atoms with Gasteiger partial charge in [-0.2, -0.15) is 5.26 Å². The molecule has 0 fully saturated rings. The highest BCUT2D eigenvalue weighted by Gasteiger charge is 2.28. The lowest BCUT2D eigenvalue weighted by atomic mass is 9.78. The molecule has 3 unspecified atom stereocenters. The Morgan fingerprint density at radius 2 is 1.27 bits per heavy atom. The van der Waals surface area contributed by atoms with Crippen LogP contribution in [0.4, 0.5) is 0 Å². The lowest BCUT2D eigenvalue weighted by Gasteiger charge is -2.28. The van der Waals surface area contributed by atoms with Gasteiger partial charge in [0.25, 0.3) is 0 Å². The molecule has 0 amide bonds. The van der Waals surface area contributed by atoms with Crippen LogP contribution in [0.15, 0.2) is 48.5 Å². The highest BCUT2D eigenvalue weighted by atomic mass is 32.2. The number of thioether (sulfide) groups is 1. The largest absolute Gasteiger partial charge is 0.312 e. The first-order valence-electron chi connectivity index (χ1n) is 11.7. The Bertz CT molecular complexity index is 1040. The highest BCUT2D eigenvalue weighted by molar-refractivity contribution is 8.04. The monoisotopic (exact) mass is 456 g/mol. The third-order valence-corrected chi connectivity index (χ3v) is 8.19. The van der Waals surface area contributed by atoms with E-state index in [-0.39, 0.29) is 10.8 Å². The molecule has 0 aliphatic heterocycles. The van der Waals surface area contributed by atoms with Gasteiger partial charge in [0.05, 0.1) is 13.3 Å². The molecular weight excluding hydrogens is 419 g/mol. The van der Waals surface area contributed by atoms with Crippen molar-refractivity contribution in [3.8, 4) is 17.2 Å². The molecule has 2 aromatic rings. The van der Waals surface area contributed by atoms with E-state index in [4.69, 9.17) is 18.8 Å². The van der Waals surface area contributed by atoms with Crippen molar-refractivity contribution < 1.29 is 0 Å². The summed E-state index contributed by atoms with van der Waals surface area (Å²) in [5.41, 5.74) is 10.3. The molecule has 2 rings (SSSR count). The first-order valence-corrected chi connectivity index (χ1v) is 12.5. The van der Waals surface area contributed by atoms with Crippen molar-refractivity contribution in [2.75, 3.05) is 0 Å². The van der Waals surface area contributed by atoms with Crippen LogP contribution in [0.5, 0.6) is 0 Å². The number of nitrogens with zero attached hydrogens (tertiary/aromatic N) is 1. The fourth-order valence-electron chi connectivity index (χ4n) is 3.69. The van der Waals surface area contributed by atoms with Crippen molar-refractivity contribution in [3.05, 3.63) is 70.8 Å². The molecule has 2 nitrogen and oxygen atoms in total. The van der Waals surface area contributed by atoms with Crippen LogP contribution in [0, 0.1) is 22.5 Å². The molecule has 4 heteroatoms. The van der Waals surface area contributed by atoms with Crippen molar-refractivity contribution in [3.63, 3.8) is 0 Å². The maximum Gasteiger partial charge on any atom is 0.134 e. The Kier molecular flexibility index (Phi) is 8.56. The van der Waals surface area contributed by atoms with Gasteiger partial charge in [-0.1, -0.05) is 94.4 Å². The van der Waals surface area contributed by atoms with Gasteiger partial charge in [0.1, 0.15) is 10.9 Å². The van der Waals surface area contributed by atoms with Gasteiger partial charge in [-0.25, -0.2) is 0 Å². The number of nitriles is 1. The summed E-state index contributed by atoms with van der Waals surface area (Å²) in [5.74, 6) is 6.87. The number of rotatable bonds is 8. The van der Waals surface area contributed by atoms with Crippen molar-refractivity contribution in [1.29, 1.82) is 5.26 Å². The summed E-state index contributed by atoms with van der Waals surface area (Å²) in [5, 5.41) is 11.3. The Hall–Kier alpha value is -2.14. The lowest BCUT2D eigenvalue weighted by molar-refractivity contribution is 0.505. The minimum atomic E-state index is -0.743. The van der Waals surface area contributed by atoms with Gasteiger partial charge in [0, 0.05) is 4.75 Å². The van der Waals surface area contributed by atoms with Crippen LogP contribution in [0.2, 0.25) is 6.32 Å². The van der Waals surface area contributed by atoms with E-state index in [0.29, 0.717) is 6.32 Å². The van der Waals surface area contributed by atoms with Gasteiger partial charge in [-0.15, -0.1) is 0 Å². The number of nitrogens with two attached hydrogens (primary N) is 1. The average Bonchev–Trinajstić information content (AvgIpc) is 2.83. The van der Waals surface area contributed by atoms with Crippen molar-refractivity contribution in [2.45, 2.75) is 88.7 Å². The van der Waals surface area contributed by atoms with E-state index in [2.05, 4.69) is 100 Å². The fraction of sp³-hybridized carbons (Fsp3) is 0.483. The standard InChI is InChI=1S/C29H37BN2S/c1-8-26(3,4)22-10-14-24(15-11-22)28(6,32)19-18-27(5,9-2)23-12-16-25(17-13-23)29(7,20-30)33-21-31/h10-17H,8-9,20,32H2,1-7H3. The molecule has 0 bridgehead atoms. The molecule has 0 aromatic heterocycles. The van der Waals surface area contributed by atoms with E-state index >= 15 is 0 Å². The molecule has 172 valence electrons. The minimum absolute atomic E-state index is 0.147. The summed E-state index contributed by atoms with van der Waals surface area (Å²) >= 11 is 1.20. The van der Waals surface area contributed by atoms with Crippen LogP contribution in [0.3, 0.4) is 0 Å². The molecule has 2 radical (unpaired) electrons. The van der Waals surface area contributed by atoms with Crippen LogP contribution in [0.25, 0.3) is 0 Å². The predicted molar refractivity (Wildman–Crippen MR) is 144 cm³/mol. The van der Waals surface area contributed by atoms with E-state index in [1.54, 1.807) is 0 Å². The predicted octanol–water partition coefficient (Wildman–Crippen LogP) is 6.94. The van der Waals surface area contributed by atoms with Gasteiger partial charge in [-0.3, -0.25) is 0 Å². The summed E-state index contributed by atoms with van der Waals surface area (Å²) in [6.45, 7) is 15.0. The van der Waals surface area contributed by atoms with Crippen LogP contribution in [-0.2, 0) is 21.1 Å². The lowest BCUT2D eigenvalue weighted by Crippen LogP contribution is -2.32. The Morgan fingerprint density at radius 3 is 1.73 bits per heavy atom. The molecule has 0 saturated carbocycles. The topological polar surface area (TPSA) is 49.8 Å². The maximum atomic E-state index is 9.15. The highest BCUT2D eigenvalue weighted by Crippen LogP contribution is 2.39. The van der Waals surface area contributed by atoms with Crippen LogP contribution >= 0.6 is 11.8 Å². The SMILES string of the molecule is [B]CC(C)(SC#N)c1ccc(C(C)(C#CC(C)(N)c2ccc(C(C)(C)CC)cc2)CC)cc1. The summed E-state index contributed by atoms with van der Waals surface area (Å²) in [7, 11) is 5.96. The van der Waals surface area contributed by atoms with Gasteiger partial charge >= 0.3 is 0 Å². The maximum absolute atomic E-state index is 9.15. The Labute approximate surface area is 207 Å². The fourth-order valence-corrected chi connectivity index (χ4v) is 4.22. The van der Waals surface area contributed by atoms with E-state index in [0.717, 1.165) is 29.5 Å². The Morgan fingerprint density at radius 1 is 0.788 bits per heavy atom. The van der Waals surface area contributed by atoms with Crippen molar-refractivity contribution in [2.24, 2.45) is 5.73 Å². The van der Waals surface area contributed by atoms with E-state index in [1.165, 1.54) is 17.3 Å². The van der Waals surface area contributed by atoms with Gasteiger partial charge in [-0.05, 0) is 73.0 Å². The van der Waals surface area contributed by atoms with Crippen LogP contribution in [0.1, 0.15) is 83.6 Å². The van der Waals surface area contributed by atoms with Crippen LogP contribution < -0.4 is 5.73 Å². The van der Waals surface area contributed by atoms with Gasteiger partial charge in [0.15, 0.2) is 0 Å². The number of hydrogen-bond donors (Lipinski definition) is 1. The third kappa shape index (κ3) is 6.06. The second-order valence-corrected chi connectivity index (χ2v) is 11.4. The molecule has 0 aliphatic carbocycles. The second-order valence-electron chi connectivity index (χ2n) is 10.2. The van der Waals surface area contributed by atoms with E-state index in [1.807, 2.05) is 13.8 Å². The normalized spacial score (nSPS) is 16.9.